The smallest absolute Gasteiger partial charge is 0.272 e. The van der Waals surface area contributed by atoms with Crippen molar-refractivity contribution in [1.82, 2.24) is 15.1 Å². The standard InChI is InChI=1S/C21H19ClFN3O/c22-15-7-5-14(6-8-15)13-24-21(27)20-18-3-1-2-4-19(18)26(25-20)17-11-9-16(23)10-12-17/h5-12H,1-4,13H2,(H,24,27). The van der Waals surface area contributed by atoms with E-state index in [9.17, 15) is 9.18 Å². The average Bonchev–Trinajstić information content (AvgIpc) is 3.08. The summed E-state index contributed by atoms with van der Waals surface area (Å²) in [7, 11) is 0. The lowest BCUT2D eigenvalue weighted by molar-refractivity contribution is 0.0944. The van der Waals surface area contributed by atoms with Crippen LogP contribution < -0.4 is 5.32 Å². The number of fused-ring (bicyclic) bond motifs is 1. The molecule has 1 amide bonds. The second-order valence-electron chi connectivity index (χ2n) is 6.68. The molecule has 2 aromatic carbocycles. The summed E-state index contributed by atoms with van der Waals surface area (Å²) in [6.07, 6.45) is 3.80. The van der Waals surface area contributed by atoms with E-state index >= 15 is 0 Å². The lowest BCUT2D eigenvalue weighted by Crippen LogP contribution is -2.24. The zero-order valence-electron chi connectivity index (χ0n) is 14.7. The normalized spacial score (nSPS) is 13.3. The summed E-state index contributed by atoms with van der Waals surface area (Å²) in [6, 6.07) is 13.6. The van der Waals surface area contributed by atoms with Gasteiger partial charge in [0.1, 0.15) is 5.82 Å². The third kappa shape index (κ3) is 3.74. The number of rotatable bonds is 4. The highest BCUT2D eigenvalue weighted by Gasteiger charge is 2.25. The molecule has 0 unspecified atom stereocenters. The molecule has 0 saturated carbocycles. The SMILES string of the molecule is O=C(NCc1ccc(Cl)cc1)c1nn(-c2ccc(F)cc2)c2c1CCCC2. The fourth-order valence-corrected chi connectivity index (χ4v) is 3.57. The maximum atomic E-state index is 13.3. The van der Waals surface area contributed by atoms with Gasteiger partial charge in [-0.15, -0.1) is 0 Å². The highest BCUT2D eigenvalue weighted by molar-refractivity contribution is 6.30. The molecule has 1 aliphatic carbocycles. The Morgan fingerprint density at radius 3 is 2.52 bits per heavy atom. The molecular weight excluding hydrogens is 365 g/mol. The minimum atomic E-state index is -0.291. The molecule has 0 bridgehead atoms. The number of nitrogens with one attached hydrogen (secondary N) is 1. The van der Waals surface area contributed by atoms with Crippen molar-refractivity contribution < 1.29 is 9.18 Å². The van der Waals surface area contributed by atoms with Gasteiger partial charge in [0.15, 0.2) is 5.69 Å². The summed E-state index contributed by atoms with van der Waals surface area (Å²) in [4.78, 5) is 12.8. The molecule has 0 aliphatic heterocycles. The summed E-state index contributed by atoms with van der Waals surface area (Å²) in [5.41, 5.74) is 4.25. The number of hydrogen-bond donors (Lipinski definition) is 1. The van der Waals surface area contributed by atoms with Gasteiger partial charge in [-0.05, 0) is 67.6 Å². The second-order valence-corrected chi connectivity index (χ2v) is 7.11. The summed E-state index contributed by atoms with van der Waals surface area (Å²) >= 11 is 5.90. The molecule has 1 aromatic heterocycles. The monoisotopic (exact) mass is 383 g/mol. The third-order valence-electron chi connectivity index (χ3n) is 4.83. The van der Waals surface area contributed by atoms with E-state index in [1.165, 1.54) is 12.1 Å². The lowest BCUT2D eigenvalue weighted by Gasteiger charge is -2.14. The Morgan fingerprint density at radius 1 is 1.07 bits per heavy atom. The molecule has 0 spiro atoms. The van der Waals surface area contributed by atoms with Crippen LogP contribution in [-0.4, -0.2) is 15.7 Å². The van der Waals surface area contributed by atoms with Crippen molar-refractivity contribution in [1.29, 1.82) is 0 Å². The van der Waals surface area contributed by atoms with Crippen LogP contribution in [0.25, 0.3) is 5.69 Å². The summed E-state index contributed by atoms with van der Waals surface area (Å²) < 4.78 is 15.0. The number of carbonyl (C=O) groups is 1. The molecule has 6 heteroatoms. The van der Waals surface area contributed by atoms with Gasteiger partial charge in [-0.2, -0.15) is 5.10 Å². The number of aromatic nitrogens is 2. The summed E-state index contributed by atoms with van der Waals surface area (Å²) in [6.45, 7) is 0.411. The average molecular weight is 384 g/mol. The first-order valence-electron chi connectivity index (χ1n) is 9.01. The Balaban J connectivity index is 1.61. The van der Waals surface area contributed by atoms with Gasteiger partial charge in [0, 0.05) is 22.8 Å². The molecule has 0 atom stereocenters. The number of benzene rings is 2. The van der Waals surface area contributed by atoms with Crippen LogP contribution in [0.1, 0.15) is 40.2 Å². The highest BCUT2D eigenvalue weighted by Crippen LogP contribution is 2.27. The minimum Gasteiger partial charge on any atom is -0.347 e. The number of halogens is 2. The molecule has 1 aliphatic rings. The zero-order valence-corrected chi connectivity index (χ0v) is 15.5. The number of carbonyl (C=O) groups excluding carboxylic acids is 1. The van der Waals surface area contributed by atoms with Gasteiger partial charge >= 0.3 is 0 Å². The number of hydrogen-bond acceptors (Lipinski definition) is 2. The van der Waals surface area contributed by atoms with E-state index in [0.717, 1.165) is 48.2 Å². The Labute approximate surface area is 162 Å². The predicted octanol–water partition coefficient (Wildman–Crippen LogP) is 4.47. The maximum Gasteiger partial charge on any atom is 0.272 e. The summed E-state index contributed by atoms with van der Waals surface area (Å²) in [5, 5.41) is 8.18. The molecule has 0 fully saturated rings. The van der Waals surface area contributed by atoms with Crippen LogP contribution in [0.2, 0.25) is 5.02 Å². The Morgan fingerprint density at radius 2 is 1.78 bits per heavy atom. The van der Waals surface area contributed by atoms with Crippen molar-refractivity contribution in [2.45, 2.75) is 32.2 Å². The predicted molar refractivity (Wildman–Crippen MR) is 103 cm³/mol. The Hall–Kier alpha value is -2.66. The zero-order chi connectivity index (χ0) is 18.8. The van der Waals surface area contributed by atoms with Crippen LogP contribution in [0.5, 0.6) is 0 Å². The van der Waals surface area contributed by atoms with Crippen LogP contribution in [0.15, 0.2) is 48.5 Å². The van der Waals surface area contributed by atoms with Gasteiger partial charge in [-0.25, -0.2) is 9.07 Å². The van der Waals surface area contributed by atoms with Gasteiger partial charge in [0.05, 0.1) is 5.69 Å². The molecule has 0 saturated heterocycles. The van der Waals surface area contributed by atoms with Crippen molar-refractivity contribution in [2.75, 3.05) is 0 Å². The van der Waals surface area contributed by atoms with Gasteiger partial charge < -0.3 is 5.32 Å². The van der Waals surface area contributed by atoms with Crippen molar-refractivity contribution in [3.05, 3.63) is 81.9 Å². The second kappa shape index (κ2) is 7.53. The molecule has 0 radical (unpaired) electrons. The van der Waals surface area contributed by atoms with E-state index < -0.39 is 0 Å². The fourth-order valence-electron chi connectivity index (χ4n) is 3.45. The largest absolute Gasteiger partial charge is 0.347 e. The first-order chi connectivity index (χ1) is 13.1. The first kappa shape index (κ1) is 17.7. The lowest BCUT2D eigenvalue weighted by atomic mass is 9.95. The van der Waals surface area contributed by atoms with Gasteiger partial charge in [0.2, 0.25) is 0 Å². The first-order valence-corrected chi connectivity index (χ1v) is 9.39. The molecule has 4 rings (SSSR count). The maximum absolute atomic E-state index is 13.3. The highest BCUT2D eigenvalue weighted by atomic mass is 35.5. The summed E-state index contributed by atoms with van der Waals surface area (Å²) in [5.74, 6) is -0.482. The molecule has 1 N–H and O–H groups in total. The molecular formula is C21H19ClFN3O. The van der Waals surface area contributed by atoms with E-state index in [1.54, 1.807) is 28.9 Å². The molecule has 27 heavy (non-hydrogen) atoms. The van der Waals surface area contributed by atoms with Crippen molar-refractivity contribution in [3.63, 3.8) is 0 Å². The fraction of sp³-hybridized carbons (Fsp3) is 0.238. The van der Waals surface area contributed by atoms with Crippen molar-refractivity contribution >= 4 is 17.5 Å². The number of amides is 1. The molecule has 3 aromatic rings. The van der Waals surface area contributed by atoms with E-state index in [2.05, 4.69) is 10.4 Å². The molecule has 138 valence electrons. The van der Waals surface area contributed by atoms with Crippen LogP contribution in [0.4, 0.5) is 4.39 Å². The van der Waals surface area contributed by atoms with E-state index in [4.69, 9.17) is 11.6 Å². The molecule has 4 nitrogen and oxygen atoms in total. The van der Waals surface area contributed by atoms with E-state index in [1.807, 2.05) is 12.1 Å². The topological polar surface area (TPSA) is 46.9 Å². The Bertz CT molecular complexity index is 964. The van der Waals surface area contributed by atoms with Crippen molar-refractivity contribution in [2.24, 2.45) is 0 Å². The minimum absolute atomic E-state index is 0.191. The van der Waals surface area contributed by atoms with Crippen LogP contribution in [0, 0.1) is 5.82 Å². The van der Waals surface area contributed by atoms with E-state index in [0.29, 0.717) is 17.3 Å². The molecule has 1 heterocycles. The number of nitrogens with zero attached hydrogens (tertiary/aromatic N) is 2. The van der Waals surface area contributed by atoms with E-state index in [-0.39, 0.29) is 11.7 Å². The van der Waals surface area contributed by atoms with Gasteiger partial charge in [0.25, 0.3) is 5.91 Å². The van der Waals surface area contributed by atoms with Crippen molar-refractivity contribution in [3.8, 4) is 5.69 Å². The van der Waals surface area contributed by atoms with Gasteiger partial charge in [-0.3, -0.25) is 4.79 Å². The third-order valence-corrected chi connectivity index (χ3v) is 5.08. The van der Waals surface area contributed by atoms with Crippen LogP contribution in [0.3, 0.4) is 0 Å². The quantitative estimate of drug-likeness (QED) is 0.722. The van der Waals surface area contributed by atoms with Crippen LogP contribution >= 0.6 is 11.6 Å². The Kier molecular flexibility index (Phi) is 4.94. The van der Waals surface area contributed by atoms with Gasteiger partial charge in [-0.1, -0.05) is 23.7 Å². The van der Waals surface area contributed by atoms with Crippen LogP contribution in [-0.2, 0) is 19.4 Å².